The smallest absolute Gasteiger partial charge is 0.269 e. The third kappa shape index (κ3) is 8.59. The first-order valence-corrected chi connectivity index (χ1v) is 11.8. The van der Waals surface area contributed by atoms with Gasteiger partial charge in [0.2, 0.25) is 5.91 Å². The highest BCUT2D eigenvalue weighted by Crippen LogP contribution is 2.19. The molecule has 0 heterocycles. The van der Waals surface area contributed by atoms with E-state index in [1.807, 2.05) is 37.3 Å². The molecule has 1 amide bonds. The van der Waals surface area contributed by atoms with Gasteiger partial charge in [0.15, 0.2) is 0 Å². The standard InChI is InChI=1S/C23H31N3O4S/c1-3-4-14-24-23(27)20(16-19-8-6-5-7-9-19)15-18(2)17-25-31(30)22-12-10-21(11-13-22)26(28)29/h5-13,18,20,25H,3-4,14-17H2,1-2H3,(H,24,27)/t18-,20+,31?/m0/s1. The third-order valence-electron chi connectivity index (χ3n) is 5.04. The number of benzene rings is 2. The molecule has 3 atom stereocenters. The van der Waals surface area contributed by atoms with Crippen LogP contribution in [0.5, 0.6) is 0 Å². The van der Waals surface area contributed by atoms with Gasteiger partial charge in [-0.2, -0.15) is 0 Å². The van der Waals surface area contributed by atoms with Gasteiger partial charge in [-0.1, -0.05) is 50.6 Å². The van der Waals surface area contributed by atoms with Crippen LogP contribution in [0.15, 0.2) is 59.5 Å². The van der Waals surface area contributed by atoms with Crippen molar-refractivity contribution in [2.24, 2.45) is 11.8 Å². The topological polar surface area (TPSA) is 101 Å². The largest absolute Gasteiger partial charge is 0.356 e. The summed E-state index contributed by atoms with van der Waals surface area (Å²) < 4.78 is 15.4. The molecule has 0 fully saturated rings. The molecule has 2 aromatic rings. The van der Waals surface area contributed by atoms with Gasteiger partial charge >= 0.3 is 0 Å². The number of nitro groups is 1. The molecule has 0 aromatic heterocycles. The first-order chi connectivity index (χ1) is 14.9. The van der Waals surface area contributed by atoms with E-state index in [1.165, 1.54) is 24.3 Å². The van der Waals surface area contributed by atoms with Crippen molar-refractivity contribution in [3.8, 4) is 0 Å². The van der Waals surface area contributed by atoms with Gasteiger partial charge in [0.1, 0.15) is 11.0 Å². The molecule has 0 aliphatic carbocycles. The van der Waals surface area contributed by atoms with Crippen LogP contribution < -0.4 is 10.0 Å². The number of nitrogens with one attached hydrogen (secondary N) is 2. The number of amides is 1. The molecule has 168 valence electrons. The average molecular weight is 446 g/mol. The van der Waals surface area contributed by atoms with E-state index < -0.39 is 15.9 Å². The van der Waals surface area contributed by atoms with Crippen molar-refractivity contribution in [3.05, 3.63) is 70.3 Å². The maximum Gasteiger partial charge on any atom is 0.269 e. The van der Waals surface area contributed by atoms with Crippen molar-refractivity contribution in [3.63, 3.8) is 0 Å². The summed E-state index contributed by atoms with van der Waals surface area (Å²) in [5.74, 6) is 0.0112. The number of carbonyl (C=O) groups is 1. The summed E-state index contributed by atoms with van der Waals surface area (Å²) in [6.07, 6.45) is 3.30. The predicted octanol–water partition coefficient (Wildman–Crippen LogP) is 4.01. The van der Waals surface area contributed by atoms with Crippen molar-refractivity contribution < 1.29 is 13.9 Å². The van der Waals surface area contributed by atoms with Gasteiger partial charge in [-0.15, -0.1) is 0 Å². The van der Waals surface area contributed by atoms with Gasteiger partial charge in [-0.3, -0.25) is 14.9 Å². The lowest BCUT2D eigenvalue weighted by Gasteiger charge is -2.21. The van der Waals surface area contributed by atoms with E-state index in [0.29, 0.717) is 30.8 Å². The molecule has 7 nitrogen and oxygen atoms in total. The summed E-state index contributed by atoms with van der Waals surface area (Å²) in [6.45, 7) is 5.26. The van der Waals surface area contributed by atoms with E-state index in [4.69, 9.17) is 0 Å². The van der Waals surface area contributed by atoms with Crippen LogP contribution in [0, 0.1) is 22.0 Å². The summed E-state index contributed by atoms with van der Waals surface area (Å²) in [4.78, 5) is 23.5. The summed E-state index contributed by atoms with van der Waals surface area (Å²) in [5, 5.41) is 13.8. The van der Waals surface area contributed by atoms with Gasteiger partial charge < -0.3 is 5.32 Å². The molecule has 2 aromatic carbocycles. The second-order valence-electron chi connectivity index (χ2n) is 7.74. The summed E-state index contributed by atoms with van der Waals surface area (Å²) >= 11 is 0. The van der Waals surface area contributed by atoms with E-state index in [1.54, 1.807) is 0 Å². The van der Waals surface area contributed by atoms with Crippen LogP contribution in [0.25, 0.3) is 0 Å². The molecule has 0 radical (unpaired) electrons. The Morgan fingerprint density at radius 2 is 1.81 bits per heavy atom. The molecule has 0 spiro atoms. The highest BCUT2D eigenvalue weighted by atomic mass is 32.2. The Labute approximate surface area is 186 Å². The zero-order valence-electron chi connectivity index (χ0n) is 18.1. The quantitative estimate of drug-likeness (QED) is 0.276. The molecule has 2 N–H and O–H groups in total. The van der Waals surface area contributed by atoms with Gasteiger partial charge in [-0.25, -0.2) is 8.93 Å². The molecular formula is C23H31N3O4S. The molecule has 0 saturated heterocycles. The number of rotatable bonds is 13. The van der Waals surface area contributed by atoms with Crippen molar-refractivity contribution in [1.82, 2.24) is 10.0 Å². The lowest BCUT2D eigenvalue weighted by molar-refractivity contribution is -0.384. The van der Waals surface area contributed by atoms with Crippen LogP contribution in [0.4, 0.5) is 5.69 Å². The van der Waals surface area contributed by atoms with Crippen LogP contribution in [-0.2, 0) is 22.2 Å². The molecule has 8 heteroatoms. The number of hydrogen-bond donors (Lipinski definition) is 2. The van der Waals surface area contributed by atoms with E-state index >= 15 is 0 Å². The number of nitro benzene ring substituents is 1. The Balaban J connectivity index is 1.93. The molecular weight excluding hydrogens is 414 g/mol. The zero-order valence-corrected chi connectivity index (χ0v) is 18.9. The fraction of sp³-hybridized carbons (Fsp3) is 0.435. The second kappa shape index (κ2) is 13.0. The SMILES string of the molecule is CCCCNC(=O)[C@@H](Cc1ccccc1)C[C@H](C)CNS(=O)c1ccc([N+](=O)[O-])cc1. The molecule has 0 aliphatic rings. The second-order valence-corrected chi connectivity index (χ2v) is 9.04. The molecule has 31 heavy (non-hydrogen) atoms. The number of nitrogens with zero attached hydrogens (tertiary/aromatic N) is 1. The fourth-order valence-corrected chi connectivity index (χ4v) is 4.26. The minimum absolute atomic E-state index is 0.0352. The van der Waals surface area contributed by atoms with Gasteiger partial charge in [0.25, 0.3) is 5.69 Å². The van der Waals surface area contributed by atoms with E-state index in [-0.39, 0.29) is 23.4 Å². The van der Waals surface area contributed by atoms with Crippen LogP contribution in [0.3, 0.4) is 0 Å². The number of hydrogen-bond acceptors (Lipinski definition) is 4. The fourth-order valence-electron chi connectivity index (χ4n) is 3.28. The highest BCUT2D eigenvalue weighted by molar-refractivity contribution is 7.83. The average Bonchev–Trinajstić information content (AvgIpc) is 2.78. The van der Waals surface area contributed by atoms with Gasteiger partial charge in [0, 0.05) is 31.1 Å². The molecule has 0 aliphatic heterocycles. The Hall–Kier alpha value is -2.58. The monoisotopic (exact) mass is 445 g/mol. The minimum Gasteiger partial charge on any atom is -0.356 e. The predicted molar refractivity (Wildman–Crippen MR) is 123 cm³/mol. The van der Waals surface area contributed by atoms with Crippen LogP contribution in [0.1, 0.15) is 38.7 Å². The van der Waals surface area contributed by atoms with Crippen molar-refractivity contribution >= 4 is 22.6 Å². The number of unbranched alkanes of at least 4 members (excludes halogenated alkanes) is 1. The van der Waals surface area contributed by atoms with Crippen molar-refractivity contribution in [2.45, 2.75) is 44.4 Å². The lowest BCUT2D eigenvalue weighted by atomic mass is 9.89. The summed E-state index contributed by atoms with van der Waals surface area (Å²) in [5.41, 5.74) is 1.08. The van der Waals surface area contributed by atoms with Crippen molar-refractivity contribution in [1.29, 1.82) is 0 Å². The first-order valence-electron chi connectivity index (χ1n) is 10.6. The maximum atomic E-state index is 12.8. The van der Waals surface area contributed by atoms with E-state index in [9.17, 15) is 19.1 Å². The van der Waals surface area contributed by atoms with Crippen LogP contribution in [0.2, 0.25) is 0 Å². The summed E-state index contributed by atoms with van der Waals surface area (Å²) in [6, 6.07) is 15.6. The molecule has 0 saturated carbocycles. The van der Waals surface area contributed by atoms with Crippen LogP contribution in [-0.4, -0.2) is 28.1 Å². The normalized spacial score (nSPS) is 13.9. The first kappa shape index (κ1) is 24.7. The third-order valence-corrected chi connectivity index (χ3v) is 6.17. The minimum atomic E-state index is -1.47. The summed E-state index contributed by atoms with van der Waals surface area (Å²) in [7, 11) is -1.47. The Kier molecular flexibility index (Phi) is 10.3. The number of non-ortho nitro benzene ring substituents is 1. The van der Waals surface area contributed by atoms with E-state index in [0.717, 1.165) is 18.4 Å². The zero-order chi connectivity index (χ0) is 22.6. The Morgan fingerprint density at radius 3 is 2.42 bits per heavy atom. The number of carbonyl (C=O) groups excluding carboxylic acids is 1. The Bertz CT molecular complexity index is 859. The van der Waals surface area contributed by atoms with Gasteiger partial charge in [0.05, 0.1) is 9.82 Å². The molecule has 0 bridgehead atoms. The Morgan fingerprint density at radius 1 is 1.13 bits per heavy atom. The maximum absolute atomic E-state index is 12.8. The van der Waals surface area contributed by atoms with E-state index in [2.05, 4.69) is 17.0 Å². The van der Waals surface area contributed by atoms with Crippen LogP contribution >= 0.6 is 0 Å². The molecule has 2 rings (SSSR count). The highest BCUT2D eigenvalue weighted by Gasteiger charge is 2.22. The lowest BCUT2D eigenvalue weighted by Crippen LogP contribution is -2.35. The molecule has 1 unspecified atom stereocenters. The van der Waals surface area contributed by atoms with Gasteiger partial charge in [-0.05, 0) is 42.9 Å². The van der Waals surface area contributed by atoms with Crippen molar-refractivity contribution in [2.75, 3.05) is 13.1 Å².